The first-order chi connectivity index (χ1) is 13.9. The van der Waals surface area contributed by atoms with Crippen molar-refractivity contribution in [2.24, 2.45) is 5.92 Å². The number of ether oxygens (including phenoxy) is 3. The summed E-state index contributed by atoms with van der Waals surface area (Å²) in [6, 6.07) is 4.90. The molecule has 0 spiro atoms. The fourth-order valence-corrected chi connectivity index (χ4v) is 3.40. The molecule has 1 saturated carbocycles. The highest BCUT2D eigenvalue weighted by Gasteiger charge is 2.23. The second kappa shape index (κ2) is 11.3. The quantitative estimate of drug-likeness (QED) is 0.643. The normalized spacial score (nSPS) is 18.4. The number of urea groups is 1. The lowest BCUT2D eigenvalue weighted by Crippen LogP contribution is -2.48. The molecular formula is C21H30N2O6. The largest absolute Gasteiger partial charge is 0.493 e. The van der Waals surface area contributed by atoms with Gasteiger partial charge in [-0.25, -0.2) is 4.79 Å². The molecule has 0 aromatic heterocycles. The summed E-state index contributed by atoms with van der Waals surface area (Å²) in [4.78, 5) is 35.6. The van der Waals surface area contributed by atoms with Crippen molar-refractivity contribution >= 4 is 17.9 Å². The first-order valence-corrected chi connectivity index (χ1v) is 9.89. The van der Waals surface area contributed by atoms with Crippen molar-refractivity contribution < 1.29 is 28.6 Å². The van der Waals surface area contributed by atoms with Crippen molar-refractivity contribution in [1.29, 1.82) is 0 Å². The van der Waals surface area contributed by atoms with E-state index < -0.39 is 24.5 Å². The molecule has 0 bridgehead atoms. The van der Waals surface area contributed by atoms with Crippen molar-refractivity contribution in [2.75, 3.05) is 20.8 Å². The van der Waals surface area contributed by atoms with Crippen molar-refractivity contribution in [3.63, 3.8) is 0 Å². The van der Waals surface area contributed by atoms with E-state index in [0.29, 0.717) is 23.8 Å². The standard InChI is InChI=1S/C21H30N2O6/c1-14-6-4-5-7-16(14)22-21(26)23-19(24)13-29-20(25)11-9-15-8-10-17(27-2)18(12-15)28-3/h8,10,12,14,16H,4-7,9,11,13H2,1-3H3,(H2,22,23,24,26)/t14-,16+/m1/s1. The van der Waals surface area contributed by atoms with Gasteiger partial charge in [0.05, 0.1) is 14.2 Å². The van der Waals surface area contributed by atoms with E-state index in [2.05, 4.69) is 17.6 Å². The number of esters is 1. The third-order valence-corrected chi connectivity index (χ3v) is 5.11. The minimum atomic E-state index is -0.648. The van der Waals surface area contributed by atoms with E-state index in [9.17, 15) is 14.4 Å². The van der Waals surface area contributed by atoms with E-state index in [1.165, 1.54) is 6.42 Å². The van der Waals surface area contributed by atoms with Crippen LogP contribution in [0.5, 0.6) is 11.5 Å². The highest BCUT2D eigenvalue weighted by molar-refractivity contribution is 5.95. The van der Waals surface area contributed by atoms with Gasteiger partial charge < -0.3 is 19.5 Å². The monoisotopic (exact) mass is 406 g/mol. The molecule has 2 rings (SSSR count). The van der Waals surface area contributed by atoms with Gasteiger partial charge in [-0.1, -0.05) is 25.8 Å². The predicted octanol–water partition coefficient (Wildman–Crippen LogP) is 2.58. The van der Waals surface area contributed by atoms with E-state index in [-0.39, 0.29) is 12.5 Å². The molecule has 1 aromatic carbocycles. The van der Waals surface area contributed by atoms with Crippen LogP contribution in [0.25, 0.3) is 0 Å². The van der Waals surface area contributed by atoms with Crippen molar-refractivity contribution in [3.8, 4) is 11.5 Å². The van der Waals surface area contributed by atoms with Gasteiger partial charge in [-0.05, 0) is 42.9 Å². The maximum atomic E-state index is 11.9. The smallest absolute Gasteiger partial charge is 0.321 e. The van der Waals surface area contributed by atoms with Crippen LogP contribution in [0, 0.1) is 5.92 Å². The third kappa shape index (κ3) is 7.29. The Morgan fingerprint density at radius 2 is 1.79 bits per heavy atom. The maximum Gasteiger partial charge on any atom is 0.321 e. The summed E-state index contributed by atoms with van der Waals surface area (Å²) in [5, 5.41) is 5.03. The topological polar surface area (TPSA) is 103 Å². The van der Waals surface area contributed by atoms with Crippen molar-refractivity contribution in [3.05, 3.63) is 23.8 Å². The van der Waals surface area contributed by atoms with Gasteiger partial charge >= 0.3 is 12.0 Å². The summed E-state index contributed by atoms with van der Waals surface area (Å²) in [5.74, 6) is 0.410. The highest BCUT2D eigenvalue weighted by Crippen LogP contribution is 2.28. The Morgan fingerprint density at radius 3 is 2.48 bits per heavy atom. The van der Waals surface area contributed by atoms with Crippen LogP contribution in [0.3, 0.4) is 0 Å². The molecule has 1 aromatic rings. The Labute approximate surface area is 171 Å². The fraction of sp³-hybridized carbons (Fsp3) is 0.571. The maximum absolute atomic E-state index is 11.9. The molecule has 1 aliphatic rings. The van der Waals surface area contributed by atoms with Gasteiger partial charge in [-0.15, -0.1) is 0 Å². The zero-order valence-electron chi connectivity index (χ0n) is 17.3. The second-order valence-electron chi connectivity index (χ2n) is 7.24. The number of methoxy groups -OCH3 is 2. The van der Waals surface area contributed by atoms with E-state index >= 15 is 0 Å². The number of aryl methyl sites for hydroxylation is 1. The molecule has 8 heteroatoms. The van der Waals surface area contributed by atoms with Gasteiger partial charge in [0.15, 0.2) is 18.1 Å². The Kier molecular flexibility index (Phi) is 8.76. The lowest BCUT2D eigenvalue weighted by atomic mass is 9.86. The average Bonchev–Trinajstić information content (AvgIpc) is 2.72. The van der Waals surface area contributed by atoms with E-state index in [4.69, 9.17) is 14.2 Å². The third-order valence-electron chi connectivity index (χ3n) is 5.11. The molecule has 8 nitrogen and oxygen atoms in total. The Bertz CT molecular complexity index is 721. The number of hydrogen-bond donors (Lipinski definition) is 2. The second-order valence-corrected chi connectivity index (χ2v) is 7.24. The molecule has 0 saturated heterocycles. The molecule has 160 valence electrons. The lowest BCUT2D eigenvalue weighted by Gasteiger charge is -2.29. The summed E-state index contributed by atoms with van der Waals surface area (Å²) < 4.78 is 15.4. The number of rotatable bonds is 8. The Morgan fingerprint density at radius 1 is 1.07 bits per heavy atom. The molecule has 3 amide bonds. The van der Waals surface area contributed by atoms with E-state index in [1.54, 1.807) is 26.4 Å². The number of benzene rings is 1. The number of amides is 3. The van der Waals surface area contributed by atoms with Crippen LogP contribution in [-0.2, 0) is 20.7 Å². The van der Waals surface area contributed by atoms with Crippen molar-refractivity contribution in [1.82, 2.24) is 10.6 Å². The minimum absolute atomic E-state index is 0.0700. The van der Waals surface area contributed by atoms with Gasteiger partial charge in [0, 0.05) is 12.5 Å². The van der Waals surface area contributed by atoms with Gasteiger partial charge in [0.2, 0.25) is 0 Å². The molecular weight excluding hydrogens is 376 g/mol. The number of carbonyl (C=O) groups excluding carboxylic acids is 3. The van der Waals surface area contributed by atoms with Crippen LogP contribution >= 0.6 is 0 Å². The molecule has 2 atom stereocenters. The predicted molar refractivity (Wildman–Crippen MR) is 107 cm³/mol. The van der Waals surface area contributed by atoms with Gasteiger partial charge in [0.1, 0.15) is 0 Å². The van der Waals surface area contributed by atoms with Gasteiger partial charge in [0.25, 0.3) is 5.91 Å². The van der Waals surface area contributed by atoms with Crippen molar-refractivity contribution in [2.45, 2.75) is 51.5 Å². The molecule has 0 unspecified atom stereocenters. The zero-order chi connectivity index (χ0) is 21.2. The Hall–Kier alpha value is -2.77. The number of carbonyl (C=O) groups is 3. The first kappa shape index (κ1) is 22.5. The SMILES string of the molecule is COc1ccc(CCC(=O)OCC(=O)NC(=O)N[C@H]2CCCC[C@H]2C)cc1OC. The molecule has 1 fully saturated rings. The molecule has 2 N–H and O–H groups in total. The van der Waals surface area contributed by atoms with Crippen LogP contribution in [-0.4, -0.2) is 44.8 Å². The van der Waals surface area contributed by atoms with Crippen LogP contribution in [0.1, 0.15) is 44.6 Å². The molecule has 0 aliphatic heterocycles. The van der Waals surface area contributed by atoms with Crippen LogP contribution < -0.4 is 20.1 Å². The zero-order valence-corrected chi connectivity index (χ0v) is 17.3. The summed E-state index contributed by atoms with van der Waals surface area (Å²) in [6.07, 6.45) is 4.75. The minimum Gasteiger partial charge on any atom is -0.493 e. The Balaban J connectivity index is 1.69. The van der Waals surface area contributed by atoms with Crippen LogP contribution in [0.15, 0.2) is 18.2 Å². The number of nitrogens with one attached hydrogen (secondary N) is 2. The molecule has 29 heavy (non-hydrogen) atoms. The summed E-state index contributed by atoms with van der Waals surface area (Å²) in [5.41, 5.74) is 0.880. The number of hydrogen-bond acceptors (Lipinski definition) is 6. The number of imide groups is 1. The molecule has 0 radical (unpaired) electrons. The first-order valence-electron chi connectivity index (χ1n) is 9.89. The van der Waals surface area contributed by atoms with E-state index in [1.807, 2.05) is 6.07 Å². The fourth-order valence-electron chi connectivity index (χ4n) is 3.40. The molecule has 1 aliphatic carbocycles. The lowest BCUT2D eigenvalue weighted by molar-refractivity contribution is -0.148. The summed E-state index contributed by atoms with van der Waals surface area (Å²) in [7, 11) is 3.09. The molecule has 0 heterocycles. The van der Waals surface area contributed by atoms with Gasteiger partial charge in [-0.2, -0.15) is 0 Å². The van der Waals surface area contributed by atoms with Gasteiger partial charge in [-0.3, -0.25) is 14.9 Å². The van der Waals surface area contributed by atoms with Crippen LogP contribution in [0.2, 0.25) is 0 Å². The highest BCUT2D eigenvalue weighted by atomic mass is 16.5. The summed E-state index contributed by atoms with van der Waals surface area (Å²) >= 11 is 0. The summed E-state index contributed by atoms with van der Waals surface area (Å²) in [6.45, 7) is 1.60. The van der Waals surface area contributed by atoms with E-state index in [0.717, 1.165) is 24.8 Å². The average molecular weight is 406 g/mol. The van der Waals surface area contributed by atoms with Crippen LogP contribution in [0.4, 0.5) is 4.79 Å².